The number of halogens is 3. The Morgan fingerprint density at radius 3 is 2.65 bits per heavy atom. The van der Waals surface area contributed by atoms with Crippen molar-refractivity contribution >= 4 is 44.2 Å². The Morgan fingerprint density at radius 2 is 2.05 bits per heavy atom. The molecule has 0 atom stereocenters. The van der Waals surface area contributed by atoms with Gasteiger partial charge in [0.1, 0.15) is 11.6 Å². The zero-order valence-corrected chi connectivity index (χ0v) is 13.9. The van der Waals surface area contributed by atoms with Gasteiger partial charge < -0.3 is 4.74 Å². The summed E-state index contributed by atoms with van der Waals surface area (Å²) in [6.45, 7) is 1.86. The Bertz CT molecular complexity index is 694. The van der Waals surface area contributed by atoms with Crippen molar-refractivity contribution in [2.75, 3.05) is 0 Å². The molecule has 7 heteroatoms. The molecule has 0 aliphatic heterocycles. The van der Waals surface area contributed by atoms with E-state index < -0.39 is 10.7 Å². The zero-order chi connectivity index (χ0) is 14.9. The first kappa shape index (κ1) is 15.2. The Balaban J connectivity index is 2.44. The predicted molar refractivity (Wildman–Crippen MR) is 84.7 cm³/mol. The van der Waals surface area contributed by atoms with E-state index in [9.17, 15) is 14.5 Å². The second-order valence-electron chi connectivity index (χ2n) is 4.00. The molecule has 0 unspecified atom stereocenters. The second kappa shape index (κ2) is 6.04. The summed E-state index contributed by atoms with van der Waals surface area (Å²) in [5.74, 6) is -0.260. The first-order chi connectivity index (χ1) is 9.38. The Hall–Kier alpha value is -1.22. The van der Waals surface area contributed by atoms with Crippen LogP contribution in [0.3, 0.4) is 0 Å². The quantitative estimate of drug-likeness (QED) is 0.366. The molecule has 4 nitrogen and oxygen atoms in total. The second-order valence-corrected chi connectivity index (χ2v) is 6.02. The van der Waals surface area contributed by atoms with Crippen molar-refractivity contribution in [3.05, 3.63) is 59.9 Å². The molecule has 20 heavy (non-hydrogen) atoms. The fourth-order valence-electron chi connectivity index (χ4n) is 1.55. The van der Waals surface area contributed by atoms with E-state index in [1.807, 2.05) is 6.92 Å². The standard InChI is InChI=1S/C13H8BrFINO3/c1-7-4-8(2-3-9(7)14)20-13-5-10(15)11(16)6-12(13)17(18)19/h2-6H,1H3. The molecule has 0 aliphatic rings. The maximum Gasteiger partial charge on any atom is 0.312 e. The van der Waals surface area contributed by atoms with Gasteiger partial charge >= 0.3 is 5.69 Å². The smallest absolute Gasteiger partial charge is 0.312 e. The van der Waals surface area contributed by atoms with E-state index in [-0.39, 0.29) is 15.0 Å². The van der Waals surface area contributed by atoms with Crippen LogP contribution in [0.4, 0.5) is 10.1 Å². The zero-order valence-electron chi connectivity index (χ0n) is 10.2. The molecule has 0 spiro atoms. The fraction of sp³-hybridized carbons (Fsp3) is 0.0769. The van der Waals surface area contributed by atoms with Gasteiger partial charge in [0.15, 0.2) is 0 Å². The minimum absolute atomic E-state index is 0.116. The summed E-state index contributed by atoms with van der Waals surface area (Å²) in [5, 5.41) is 11.0. The minimum Gasteiger partial charge on any atom is -0.450 e. The first-order valence-electron chi connectivity index (χ1n) is 5.46. The number of ether oxygens (including phenoxy) is 1. The molecule has 0 saturated carbocycles. The first-order valence-corrected chi connectivity index (χ1v) is 7.33. The van der Waals surface area contributed by atoms with Crippen molar-refractivity contribution in [2.24, 2.45) is 0 Å². The van der Waals surface area contributed by atoms with E-state index in [2.05, 4.69) is 15.9 Å². The fourth-order valence-corrected chi connectivity index (χ4v) is 2.25. The molecule has 0 aliphatic carbocycles. The monoisotopic (exact) mass is 451 g/mol. The molecule has 0 fully saturated rings. The molecule has 0 N–H and O–H groups in total. The molecule has 0 saturated heterocycles. The minimum atomic E-state index is -0.595. The van der Waals surface area contributed by atoms with E-state index in [0.29, 0.717) is 5.75 Å². The van der Waals surface area contributed by atoms with E-state index >= 15 is 0 Å². The van der Waals surface area contributed by atoms with Gasteiger partial charge in [-0.1, -0.05) is 15.9 Å². The van der Waals surface area contributed by atoms with Gasteiger partial charge in [-0.25, -0.2) is 4.39 Å². The highest BCUT2D eigenvalue weighted by molar-refractivity contribution is 14.1. The number of hydrogen-bond donors (Lipinski definition) is 0. The largest absolute Gasteiger partial charge is 0.450 e. The van der Waals surface area contributed by atoms with Gasteiger partial charge in [-0.05, 0) is 53.3 Å². The summed E-state index contributed by atoms with van der Waals surface area (Å²) in [6.07, 6.45) is 0. The van der Waals surface area contributed by atoms with Gasteiger partial charge in [-0.3, -0.25) is 10.1 Å². The number of nitro benzene ring substituents is 1. The molecule has 2 aromatic carbocycles. The lowest BCUT2D eigenvalue weighted by Gasteiger charge is -2.08. The van der Waals surface area contributed by atoms with Crippen LogP contribution in [-0.2, 0) is 0 Å². The van der Waals surface area contributed by atoms with Crippen molar-refractivity contribution in [3.63, 3.8) is 0 Å². The third-order valence-corrected chi connectivity index (χ3v) is 4.27. The molecule has 0 heterocycles. The highest BCUT2D eigenvalue weighted by Crippen LogP contribution is 2.35. The van der Waals surface area contributed by atoms with Crippen LogP contribution in [0.1, 0.15) is 5.56 Å². The van der Waals surface area contributed by atoms with Crippen molar-refractivity contribution in [3.8, 4) is 11.5 Å². The van der Waals surface area contributed by atoms with Crippen LogP contribution in [0, 0.1) is 26.4 Å². The third-order valence-electron chi connectivity index (χ3n) is 2.56. The number of benzene rings is 2. The molecule has 0 aromatic heterocycles. The van der Waals surface area contributed by atoms with Crippen LogP contribution in [0.5, 0.6) is 11.5 Å². The highest BCUT2D eigenvalue weighted by Gasteiger charge is 2.19. The predicted octanol–water partition coefficient (Wildman–Crippen LogP) is 5.20. The van der Waals surface area contributed by atoms with Crippen LogP contribution in [0.25, 0.3) is 0 Å². The van der Waals surface area contributed by atoms with Crippen molar-refractivity contribution in [1.82, 2.24) is 0 Å². The molecular weight excluding hydrogens is 444 g/mol. The number of hydrogen-bond acceptors (Lipinski definition) is 3. The summed E-state index contributed by atoms with van der Waals surface area (Å²) < 4.78 is 20.1. The van der Waals surface area contributed by atoms with Crippen molar-refractivity contribution in [1.29, 1.82) is 0 Å². The van der Waals surface area contributed by atoms with Crippen LogP contribution < -0.4 is 4.74 Å². The van der Waals surface area contributed by atoms with Gasteiger partial charge in [0.05, 0.1) is 8.49 Å². The maximum atomic E-state index is 13.6. The van der Waals surface area contributed by atoms with E-state index in [4.69, 9.17) is 4.74 Å². The summed E-state index contributed by atoms with van der Waals surface area (Å²) >= 11 is 5.05. The van der Waals surface area contributed by atoms with Gasteiger partial charge in [0.25, 0.3) is 0 Å². The summed E-state index contributed by atoms with van der Waals surface area (Å²) in [4.78, 5) is 10.4. The lowest BCUT2D eigenvalue weighted by atomic mass is 10.2. The van der Waals surface area contributed by atoms with E-state index in [1.54, 1.807) is 40.8 Å². The Morgan fingerprint density at radius 1 is 1.35 bits per heavy atom. The lowest BCUT2D eigenvalue weighted by Crippen LogP contribution is -1.96. The molecule has 0 bridgehead atoms. The maximum absolute atomic E-state index is 13.6. The number of aryl methyl sites for hydroxylation is 1. The molecule has 0 amide bonds. The van der Waals surface area contributed by atoms with Crippen LogP contribution in [0.2, 0.25) is 0 Å². The van der Waals surface area contributed by atoms with Crippen LogP contribution >= 0.6 is 38.5 Å². The van der Waals surface area contributed by atoms with Crippen molar-refractivity contribution < 1.29 is 14.1 Å². The Labute approximate surface area is 136 Å². The normalized spacial score (nSPS) is 10.4. The number of nitrogens with zero attached hydrogens (tertiary/aromatic N) is 1. The van der Waals surface area contributed by atoms with E-state index in [1.165, 1.54) is 0 Å². The SMILES string of the molecule is Cc1cc(Oc2cc(F)c(I)cc2[N+](=O)[O-])ccc1Br. The van der Waals surface area contributed by atoms with Crippen LogP contribution in [-0.4, -0.2) is 4.92 Å². The van der Waals surface area contributed by atoms with Gasteiger partial charge in [0, 0.05) is 16.6 Å². The van der Waals surface area contributed by atoms with Gasteiger partial charge in [-0.2, -0.15) is 0 Å². The Kier molecular flexibility index (Phi) is 4.59. The molecule has 2 rings (SSSR count). The lowest BCUT2D eigenvalue weighted by molar-refractivity contribution is -0.385. The molecular formula is C13H8BrFINO3. The summed E-state index contributed by atoms with van der Waals surface area (Å²) in [5.41, 5.74) is 0.646. The molecule has 0 radical (unpaired) electrons. The van der Waals surface area contributed by atoms with Gasteiger partial charge in [-0.15, -0.1) is 0 Å². The number of nitro groups is 1. The third kappa shape index (κ3) is 3.26. The molecule has 104 valence electrons. The summed E-state index contributed by atoms with van der Waals surface area (Å²) in [6, 6.07) is 7.30. The van der Waals surface area contributed by atoms with Crippen LogP contribution in [0.15, 0.2) is 34.8 Å². The van der Waals surface area contributed by atoms with Crippen molar-refractivity contribution in [2.45, 2.75) is 6.92 Å². The molecule has 2 aromatic rings. The average molecular weight is 452 g/mol. The highest BCUT2D eigenvalue weighted by atomic mass is 127. The average Bonchev–Trinajstić information content (AvgIpc) is 2.37. The van der Waals surface area contributed by atoms with E-state index in [0.717, 1.165) is 22.2 Å². The topological polar surface area (TPSA) is 52.4 Å². The number of rotatable bonds is 3. The summed E-state index contributed by atoms with van der Waals surface area (Å²) in [7, 11) is 0. The van der Waals surface area contributed by atoms with Gasteiger partial charge in [0.2, 0.25) is 5.75 Å².